The average molecular weight is 269 g/mol. The lowest BCUT2D eigenvalue weighted by atomic mass is 9.91. The van der Waals surface area contributed by atoms with Gasteiger partial charge in [-0.25, -0.2) is 0 Å². The molecular formula is C13H17ClN2O2. The maximum absolute atomic E-state index is 12.4. The Morgan fingerprint density at radius 1 is 1.50 bits per heavy atom. The Balaban J connectivity index is 2.24. The van der Waals surface area contributed by atoms with Gasteiger partial charge < -0.3 is 15.7 Å². The van der Waals surface area contributed by atoms with Crippen LogP contribution in [0.2, 0.25) is 5.02 Å². The number of benzene rings is 1. The molecule has 1 saturated carbocycles. The summed E-state index contributed by atoms with van der Waals surface area (Å²) >= 11 is 5.92. The number of aliphatic hydroxyl groups excluding tert-OH is 1. The van der Waals surface area contributed by atoms with Crippen LogP contribution in [-0.2, 0) is 0 Å². The van der Waals surface area contributed by atoms with Crippen LogP contribution in [0.5, 0.6) is 0 Å². The Bertz CT molecular complexity index is 447. The molecule has 1 aliphatic carbocycles. The van der Waals surface area contributed by atoms with Gasteiger partial charge in [0.05, 0.1) is 22.9 Å². The summed E-state index contributed by atoms with van der Waals surface area (Å²) in [6.45, 7) is 0.304. The smallest absolute Gasteiger partial charge is 0.256 e. The third-order valence-electron chi connectivity index (χ3n) is 3.40. The molecule has 0 atom stereocenters. The minimum Gasteiger partial charge on any atom is -0.397 e. The number of hydrogen-bond donors (Lipinski definition) is 2. The molecule has 0 unspecified atom stereocenters. The Labute approximate surface area is 111 Å². The van der Waals surface area contributed by atoms with Crippen molar-refractivity contribution in [2.75, 3.05) is 18.9 Å². The molecule has 3 N–H and O–H groups in total. The van der Waals surface area contributed by atoms with Crippen molar-refractivity contribution in [1.82, 2.24) is 4.90 Å². The third kappa shape index (κ3) is 2.44. The van der Waals surface area contributed by atoms with Crippen molar-refractivity contribution < 1.29 is 9.90 Å². The number of para-hydroxylation sites is 1. The molecule has 0 aliphatic heterocycles. The first-order valence-corrected chi connectivity index (χ1v) is 6.48. The molecule has 98 valence electrons. The van der Waals surface area contributed by atoms with Gasteiger partial charge in [-0.15, -0.1) is 0 Å². The van der Waals surface area contributed by atoms with E-state index in [1.165, 1.54) is 0 Å². The molecule has 2 rings (SSSR count). The lowest BCUT2D eigenvalue weighted by Gasteiger charge is -2.37. The zero-order valence-corrected chi connectivity index (χ0v) is 10.9. The topological polar surface area (TPSA) is 66.6 Å². The first-order valence-electron chi connectivity index (χ1n) is 6.11. The number of aliphatic hydroxyl groups is 1. The van der Waals surface area contributed by atoms with Crippen LogP contribution in [0.4, 0.5) is 5.69 Å². The maximum Gasteiger partial charge on any atom is 0.256 e. The fourth-order valence-corrected chi connectivity index (χ4v) is 2.31. The van der Waals surface area contributed by atoms with Gasteiger partial charge in [0, 0.05) is 12.6 Å². The Kier molecular flexibility index (Phi) is 4.09. The highest BCUT2D eigenvalue weighted by atomic mass is 35.5. The van der Waals surface area contributed by atoms with Gasteiger partial charge in [0.15, 0.2) is 0 Å². The molecule has 0 bridgehead atoms. The van der Waals surface area contributed by atoms with E-state index in [0.29, 0.717) is 22.8 Å². The Hall–Kier alpha value is -1.26. The molecule has 5 heteroatoms. The number of carbonyl (C=O) groups excluding carboxylic acids is 1. The van der Waals surface area contributed by atoms with Gasteiger partial charge >= 0.3 is 0 Å². The van der Waals surface area contributed by atoms with E-state index in [1.54, 1.807) is 23.1 Å². The molecule has 1 amide bonds. The lowest BCUT2D eigenvalue weighted by molar-refractivity contribution is 0.0527. The van der Waals surface area contributed by atoms with Crippen LogP contribution in [0.1, 0.15) is 29.6 Å². The van der Waals surface area contributed by atoms with Crippen molar-refractivity contribution in [1.29, 1.82) is 0 Å². The number of nitrogen functional groups attached to an aromatic ring is 1. The van der Waals surface area contributed by atoms with Crippen molar-refractivity contribution in [3.8, 4) is 0 Å². The summed E-state index contributed by atoms with van der Waals surface area (Å²) in [6.07, 6.45) is 3.11. The van der Waals surface area contributed by atoms with E-state index in [0.717, 1.165) is 19.3 Å². The summed E-state index contributed by atoms with van der Waals surface area (Å²) in [6, 6.07) is 5.27. The van der Waals surface area contributed by atoms with E-state index in [-0.39, 0.29) is 18.6 Å². The largest absolute Gasteiger partial charge is 0.397 e. The van der Waals surface area contributed by atoms with Crippen LogP contribution in [0, 0.1) is 0 Å². The molecule has 0 radical (unpaired) electrons. The maximum atomic E-state index is 12.4. The molecule has 1 aliphatic rings. The third-order valence-corrected chi connectivity index (χ3v) is 3.73. The van der Waals surface area contributed by atoms with Gasteiger partial charge in [-0.1, -0.05) is 17.7 Å². The number of halogens is 1. The zero-order chi connectivity index (χ0) is 13.1. The van der Waals surface area contributed by atoms with E-state index in [1.807, 2.05) is 0 Å². The molecule has 0 spiro atoms. The van der Waals surface area contributed by atoms with E-state index in [9.17, 15) is 4.79 Å². The second-order valence-corrected chi connectivity index (χ2v) is 4.92. The summed E-state index contributed by atoms with van der Waals surface area (Å²) in [7, 11) is 0. The normalized spacial score (nSPS) is 15.2. The predicted octanol–water partition coefficient (Wildman–Crippen LogP) is 1.91. The number of carbonyl (C=O) groups is 1. The second-order valence-electron chi connectivity index (χ2n) is 4.51. The number of nitrogens with two attached hydrogens (primary N) is 1. The van der Waals surface area contributed by atoms with Crippen molar-refractivity contribution in [3.05, 3.63) is 28.8 Å². The molecule has 4 nitrogen and oxygen atoms in total. The van der Waals surface area contributed by atoms with Crippen molar-refractivity contribution in [2.24, 2.45) is 0 Å². The number of rotatable bonds is 4. The highest BCUT2D eigenvalue weighted by molar-refractivity contribution is 6.33. The van der Waals surface area contributed by atoms with Crippen molar-refractivity contribution >= 4 is 23.2 Å². The molecule has 0 aromatic heterocycles. The van der Waals surface area contributed by atoms with Crippen LogP contribution < -0.4 is 5.73 Å². The number of amides is 1. The summed E-state index contributed by atoms with van der Waals surface area (Å²) in [5.74, 6) is -0.145. The summed E-state index contributed by atoms with van der Waals surface area (Å²) < 4.78 is 0. The van der Waals surface area contributed by atoms with E-state index >= 15 is 0 Å². The van der Waals surface area contributed by atoms with Crippen LogP contribution in [0.15, 0.2) is 18.2 Å². The summed E-state index contributed by atoms with van der Waals surface area (Å²) in [4.78, 5) is 14.1. The molecule has 0 saturated heterocycles. The highest BCUT2D eigenvalue weighted by Crippen LogP contribution is 2.29. The first-order chi connectivity index (χ1) is 8.65. The SMILES string of the molecule is Nc1c(Cl)cccc1C(=O)N(CCO)C1CCC1. The number of anilines is 1. The fourth-order valence-electron chi connectivity index (χ4n) is 2.13. The quantitative estimate of drug-likeness (QED) is 0.820. The molecule has 1 aromatic rings. The van der Waals surface area contributed by atoms with E-state index in [4.69, 9.17) is 22.4 Å². The second kappa shape index (κ2) is 5.59. The monoisotopic (exact) mass is 268 g/mol. The molecule has 1 fully saturated rings. The van der Waals surface area contributed by atoms with E-state index in [2.05, 4.69) is 0 Å². The van der Waals surface area contributed by atoms with Gasteiger partial charge in [0.1, 0.15) is 0 Å². The van der Waals surface area contributed by atoms with Gasteiger partial charge in [-0.3, -0.25) is 4.79 Å². The van der Waals surface area contributed by atoms with Crippen LogP contribution >= 0.6 is 11.6 Å². The average Bonchev–Trinajstić information content (AvgIpc) is 2.29. The summed E-state index contributed by atoms with van der Waals surface area (Å²) in [5.41, 5.74) is 6.57. The van der Waals surface area contributed by atoms with Crippen LogP contribution in [0.25, 0.3) is 0 Å². The minimum absolute atomic E-state index is 0.0390. The zero-order valence-electron chi connectivity index (χ0n) is 10.1. The Morgan fingerprint density at radius 3 is 2.78 bits per heavy atom. The molecule has 1 aromatic carbocycles. The summed E-state index contributed by atoms with van der Waals surface area (Å²) in [5, 5.41) is 9.46. The van der Waals surface area contributed by atoms with Crippen molar-refractivity contribution in [2.45, 2.75) is 25.3 Å². The molecule has 18 heavy (non-hydrogen) atoms. The number of hydrogen-bond acceptors (Lipinski definition) is 3. The Morgan fingerprint density at radius 2 is 2.22 bits per heavy atom. The minimum atomic E-state index is -0.145. The van der Waals surface area contributed by atoms with Gasteiger partial charge in [-0.05, 0) is 31.4 Å². The predicted molar refractivity (Wildman–Crippen MR) is 71.6 cm³/mol. The molecular weight excluding hydrogens is 252 g/mol. The van der Waals surface area contributed by atoms with E-state index < -0.39 is 0 Å². The van der Waals surface area contributed by atoms with Gasteiger partial charge in [-0.2, -0.15) is 0 Å². The fraction of sp³-hybridized carbons (Fsp3) is 0.462. The van der Waals surface area contributed by atoms with Crippen LogP contribution in [0.3, 0.4) is 0 Å². The number of nitrogens with zero attached hydrogens (tertiary/aromatic N) is 1. The lowest BCUT2D eigenvalue weighted by Crippen LogP contribution is -2.45. The first kappa shape index (κ1) is 13.2. The highest BCUT2D eigenvalue weighted by Gasteiger charge is 2.29. The van der Waals surface area contributed by atoms with Crippen molar-refractivity contribution in [3.63, 3.8) is 0 Å². The van der Waals surface area contributed by atoms with Gasteiger partial charge in [0.2, 0.25) is 0 Å². The standard InChI is InChI=1S/C13H17ClN2O2/c14-11-6-2-5-10(12(11)15)13(18)16(7-8-17)9-3-1-4-9/h2,5-6,9,17H,1,3-4,7-8,15H2. The van der Waals surface area contributed by atoms with Crippen LogP contribution in [-0.4, -0.2) is 35.1 Å². The van der Waals surface area contributed by atoms with Gasteiger partial charge in [0.25, 0.3) is 5.91 Å². The molecule has 0 heterocycles.